The van der Waals surface area contributed by atoms with Crippen LogP contribution in [0.2, 0.25) is 0 Å². The van der Waals surface area contributed by atoms with Gasteiger partial charge in [0.25, 0.3) is 0 Å². The number of nitrogens with zero attached hydrogens (tertiary/aromatic N) is 3. The molecule has 0 atom stereocenters. The molecule has 3 heterocycles. The van der Waals surface area contributed by atoms with E-state index in [9.17, 15) is 9.59 Å². The molecule has 0 amide bonds. The molecule has 0 bridgehead atoms. The lowest BCUT2D eigenvalue weighted by Gasteiger charge is -2.10. The van der Waals surface area contributed by atoms with Gasteiger partial charge in [-0.15, -0.1) is 0 Å². The number of hydrogen-bond acceptors (Lipinski definition) is 4. The van der Waals surface area contributed by atoms with E-state index in [1.54, 1.807) is 6.20 Å². The number of benzene rings is 1. The van der Waals surface area contributed by atoms with Gasteiger partial charge in [0.1, 0.15) is 5.65 Å². The van der Waals surface area contributed by atoms with Crippen LogP contribution in [0.4, 0.5) is 0 Å². The third kappa shape index (κ3) is 3.76. The van der Waals surface area contributed by atoms with Crippen LogP contribution >= 0.6 is 0 Å². The Kier molecular flexibility index (Phi) is 5.23. The first-order chi connectivity index (χ1) is 14.4. The molecule has 0 saturated heterocycles. The van der Waals surface area contributed by atoms with E-state index in [4.69, 9.17) is 4.74 Å². The molecule has 0 N–H and O–H groups in total. The van der Waals surface area contributed by atoms with E-state index in [0.29, 0.717) is 17.8 Å². The van der Waals surface area contributed by atoms with Crippen LogP contribution in [0, 0.1) is 20.8 Å². The minimum absolute atomic E-state index is 0.187. The molecular weight excluding hydrogens is 378 g/mol. The summed E-state index contributed by atoms with van der Waals surface area (Å²) in [5, 5.41) is 0. The SMILES string of the molecule is Cc1cc(C(=O)COC(=O)c2cn3c(C)cccc3n2)c(C)n1Cc1ccccc1. The normalized spacial score (nSPS) is 11.0. The zero-order valence-corrected chi connectivity index (χ0v) is 17.3. The molecule has 0 aliphatic heterocycles. The maximum absolute atomic E-state index is 12.7. The van der Waals surface area contributed by atoms with Crippen LogP contribution in [0.15, 0.2) is 60.8 Å². The predicted molar refractivity (Wildman–Crippen MR) is 114 cm³/mol. The van der Waals surface area contributed by atoms with E-state index >= 15 is 0 Å². The highest BCUT2D eigenvalue weighted by Gasteiger charge is 2.19. The summed E-state index contributed by atoms with van der Waals surface area (Å²) < 4.78 is 9.17. The molecule has 0 saturated carbocycles. The number of ether oxygens (including phenoxy) is 1. The third-order valence-electron chi connectivity index (χ3n) is 5.30. The molecule has 4 aromatic rings. The molecule has 0 aliphatic carbocycles. The second-order valence-electron chi connectivity index (χ2n) is 7.38. The van der Waals surface area contributed by atoms with Gasteiger partial charge in [-0.05, 0) is 44.5 Å². The van der Waals surface area contributed by atoms with Gasteiger partial charge in [0, 0.05) is 35.4 Å². The number of hydrogen-bond donors (Lipinski definition) is 0. The maximum atomic E-state index is 12.7. The van der Waals surface area contributed by atoms with Crippen molar-refractivity contribution in [1.29, 1.82) is 0 Å². The van der Waals surface area contributed by atoms with Crippen molar-refractivity contribution in [3.63, 3.8) is 0 Å². The third-order valence-corrected chi connectivity index (χ3v) is 5.30. The van der Waals surface area contributed by atoms with Gasteiger partial charge in [-0.2, -0.15) is 0 Å². The molecule has 0 spiro atoms. The number of carbonyl (C=O) groups is 2. The average molecular weight is 401 g/mol. The summed E-state index contributed by atoms with van der Waals surface area (Å²) in [5.41, 5.74) is 5.39. The second kappa shape index (κ2) is 7.99. The van der Waals surface area contributed by atoms with E-state index in [1.807, 2.05) is 67.6 Å². The van der Waals surface area contributed by atoms with E-state index in [0.717, 1.165) is 22.6 Å². The monoisotopic (exact) mass is 401 g/mol. The first-order valence-corrected chi connectivity index (χ1v) is 9.79. The van der Waals surface area contributed by atoms with Crippen molar-refractivity contribution in [2.75, 3.05) is 6.61 Å². The summed E-state index contributed by atoms with van der Waals surface area (Å²) in [6.07, 6.45) is 1.63. The van der Waals surface area contributed by atoms with Gasteiger partial charge in [0.2, 0.25) is 5.78 Å². The van der Waals surface area contributed by atoms with Crippen molar-refractivity contribution in [2.45, 2.75) is 27.3 Å². The molecule has 152 valence electrons. The van der Waals surface area contributed by atoms with Gasteiger partial charge in [-0.3, -0.25) is 4.79 Å². The quantitative estimate of drug-likeness (QED) is 0.360. The average Bonchev–Trinajstić information content (AvgIpc) is 3.30. The van der Waals surface area contributed by atoms with Gasteiger partial charge in [-0.25, -0.2) is 9.78 Å². The molecule has 0 aliphatic rings. The molecule has 0 fully saturated rings. The first-order valence-electron chi connectivity index (χ1n) is 9.79. The smallest absolute Gasteiger partial charge is 0.359 e. The Morgan fingerprint density at radius 2 is 1.73 bits per heavy atom. The Morgan fingerprint density at radius 3 is 2.47 bits per heavy atom. The lowest BCUT2D eigenvalue weighted by atomic mass is 10.1. The number of esters is 1. The molecule has 0 unspecified atom stereocenters. The van der Waals surface area contributed by atoms with Crippen molar-refractivity contribution in [3.8, 4) is 0 Å². The number of fused-ring (bicyclic) bond motifs is 1. The predicted octanol–water partition coefficient (Wildman–Crippen LogP) is 4.15. The number of aryl methyl sites for hydroxylation is 2. The summed E-state index contributed by atoms with van der Waals surface area (Å²) in [5.74, 6) is -0.833. The molecule has 30 heavy (non-hydrogen) atoms. The molecule has 3 aromatic heterocycles. The number of aromatic nitrogens is 3. The second-order valence-corrected chi connectivity index (χ2v) is 7.38. The van der Waals surface area contributed by atoms with Crippen molar-refractivity contribution < 1.29 is 14.3 Å². The van der Waals surface area contributed by atoms with E-state index < -0.39 is 5.97 Å². The molecule has 1 aromatic carbocycles. The van der Waals surface area contributed by atoms with Gasteiger partial charge in [-0.1, -0.05) is 36.4 Å². The Labute approximate surface area is 174 Å². The van der Waals surface area contributed by atoms with Crippen LogP contribution in [0.1, 0.15) is 43.5 Å². The van der Waals surface area contributed by atoms with Crippen LogP contribution in [0.25, 0.3) is 5.65 Å². The van der Waals surface area contributed by atoms with Gasteiger partial charge < -0.3 is 13.7 Å². The fourth-order valence-corrected chi connectivity index (χ4v) is 3.62. The number of imidazole rings is 1. The molecule has 6 nitrogen and oxygen atoms in total. The van der Waals surface area contributed by atoms with E-state index in [-0.39, 0.29) is 18.1 Å². The largest absolute Gasteiger partial charge is 0.453 e. The van der Waals surface area contributed by atoms with Crippen molar-refractivity contribution in [2.24, 2.45) is 0 Å². The summed E-state index contributed by atoms with van der Waals surface area (Å²) in [6.45, 7) is 6.18. The summed E-state index contributed by atoms with van der Waals surface area (Å²) in [4.78, 5) is 29.4. The fourth-order valence-electron chi connectivity index (χ4n) is 3.62. The Hall–Kier alpha value is -3.67. The van der Waals surface area contributed by atoms with Crippen LogP contribution in [-0.4, -0.2) is 32.3 Å². The number of ketones is 1. The zero-order valence-electron chi connectivity index (χ0n) is 17.3. The fraction of sp³-hybridized carbons (Fsp3) is 0.208. The standard InChI is InChI=1S/C24H23N3O3/c1-16-8-7-11-23-25-21(14-27(16)23)24(29)30-15-22(28)20-12-17(2)26(18(20)3)13-19-9-5-4-6-10-19/h4-12,14H,13,15H2,1-3H3. The van der Waals surface area contributed by atoms with Gasteiger partial charge in [0.15, 0.2) is 12.3 Å². The van der Waals surface area contributed by atoms with Gasteiger partial charge >= 0.3 is 5.97 Å². The maximum Gasteiger partial charge on any atom is 0.359 e. The highest BCUT2D eigenvalue weighted by Crippen LogP contribution is 2.18. The molecular formula is C24H23N3O3. The lowest BCUT2D eigenvalue weighted by molar-refractivity contribution is 0.0469. The summed E-state index contributed by atoms with van der Waals surface area (Å²) in [7, 11) is 0. The van der Waals surface area contributed by atoms with Gasteiger partial charge in [0.05, 0.1) is 0 Å². The van der Waals surface area contributed by atoms with Crippen LogP contribution in [0.3, 0.4) is 0 Å². The highest BCUT2D eigenvalue weighted by molar-refractivity contribution is 6.00. The molecule has 6 heteroatoms. The number of pyridine rings is 1. The first kappa shape index (κ1) is 19.6. The molecule has 0 radical (unpaired) electrons. The Morgan fingerprint density at radius 1 is 0.967 bits per heavy atom. The van der Waals surface area contributed by atoms with Crippen LogP contribution in [0.5, 0.6) is 0 Å². The summed E-state index contributed by atoms with van der Waals surface area (Å²) in [6, 6.07) is 17.6. The summed E-state index contributed by atoms with van der Waals surface area (Å²) >= 11 is 0. The minimum Gasteiger partial charge on any atom is -0.453 e. The number of Topliss-reactive ketones (excluding diaryl/α,β-unsaturated/α-hetero) is 1. The Bertz CT molecular complexity index is 1240. The number of rotatable bonds is 6. The van der Waals surface area contributed by atoms with E-state index in [1.165, 1.54) is 0 Å². The van der Waals surface area contributed by atoms with Crippen molar-refractivity contribution in [1.82, 2.24) is 14.0 Å². The molecule has 4 rings (SSSR count). The topological polar surface area (TPSA) is 65.6 Å². The van der Waals surface area contributed by atoms with E-state index in [2.05, 4.69) is 21.7 Å². The zero-order chi connectivity index (χ0) is 21.3. The van der Waals surface area contributed by atoms with Crippen LogP contribution < -0.4 is 0 Å². The minimum atomic E-state index is -0.607. The van der Waals surface area contributed by atoms with Crippen molar-refractivity contribution >= 4 is 17.4 Å². The van der Waals surface area contributed by atoms with Crippen LogP contribution in [-0.2, 0) is 11.3 Å². The lowest BCUT2D eigenvalue weighted by Crippen LogP contribution is -2.15. The highest BCUT2D eigenvalue weighted by atomic mass is 16.5. The van der Waals surface area contributed by atoms with Crippen molar-refractivity contribution in [3.05, 3.63) is 94.7 Å². The number of carbonyl (C=O) groups excluding carboxylic acids is 2. The Balaban J connectivity index is 1.46.